The van der Waals surface area contributed by atoms with Crippen molar-refractivity contribution in [3.63, 3.8) is 0 Å². The molecule has 0 aromatic carbocycles. The van der Waals surface area contributed by atoms with Gasteiger partial charge in [-0.15, -0.1) is 12.8 Å². The molecule has 0 atom stereocenters. The van der Waals surface area contributed by atoms with Crippen LogP contribution in [-0.2, 0) is 26.2 Å². The Labute approximate surface area is 135 Å². The van der Waals surface area contributed by atoms with Crippen molar-refractivity contribution in [3.8, 4) is 0 Å². The van der Waals surface area contributed by atoms with E-state index in [2.05, 4.69) is 65.1 Å². The van der Waals surface area contributed by atoms with Crippen LogP contribution in [0.25, 0.3) is 0 Å². The van der Waals surface area contributed by atoms with E-state index < -0.39 is 0 Å². The van der Waals surface area contributed by atoms with Crippen LogP contribution in [0.5, 0.6) is 0 Å². The molecule has 0 amide bonds. The van der Waals surface area contributed by atoms with Gasteiger partial charge in [0.1, 0.15) is 0 Å². The average Bonchev–Trinajstić information content (AvgIpc) is 2.78. The molecule has 97 valence electrons. The standard InChI is InChI=1S/2C7H9.C2H7Si.Zr/c2*1-6-3-4-7(2)5-6;1-3-2;/h2*5H,3H2,1-2H3;3H,1-2H3;/q2*-1;;+2. The molecule has 0 bridgehead atoms. The van der Waals surface area contributed by atoms with Crippen LogP contribution in [0.3, 0.4) is 0 Å². The summed E-state index contributed by atoms with van der Waals surface area (Å²) < 4.78 is 0. The Kier molecular flexibility index (Phi) is 13.7. The second kappa shape index (κ2) is 12.1. The Balaban J connectivity index is 0. The summed E-state index contributed by atoms with van der Waals surface area (Å²) in [6.45, 7) is 12.8. The maximum Gasteiger partial charge on any atom is 2.00 e. The first-order chi connectivity index (χ1) is 7.99. The third kappa shape index (κ3) is 11.2. The summed E-state index contributed by atoms with van der Waals surface area (Å²) in [6, 6.07) is 0. The molecule has 0 nitrogen and oxygen atoms in total. The third-order valence-electron chi connectivity index (χ3n) is 2.22. The van der Waals surface area contributed by atoms with Crippen LogP contribution in [0.2, 0.25) is 13.1 Å². The SMILES string of the molecule is CC1=[C-]CC(C)=C1.CC1=[C-]CC(C)=C1.C[SiH]C.[Zr+2]. The molecule has 1 radical (unpaired) electrons. The molecule has 0 aromatic rings. The molecule has 0 fully saturated rings. The fraction of sp³-hybridized carbons (Fsp3) is 0.500. The van der Waals surface area contributed by atoms with Gasteiger partial charge in [-0.25, -0.2) is 23.3 Å². The van der Waals surface area contributed by atoms with E-state index in [-0.39, 0.29) is 26.2 Å². The molecule has 0 aromatic heterocycles. The van der Waals surface area contributed by atoms with E-state index in [0.29, 0.717) is 0 Å². The fourth-order valence-electron chi connectivity index (χ4n) is 1.50. The molecule has 2 aliphatic rings. The van der Waals surface area contributed by atoms with E-state index >= 15 is 0 Å². The summed E-state index contributed by atoms with van der Waals surface area (Å²) in [6.07, 6.45) is 12.8. The first-order valence-electron chi connectivity index (χ1n) is 6.22. The molecule has 2 rings (SSSR count). The minimum atomic E-state index is 0. The summed E-state index contributed by atoms with van der Waals surface area (Å²) in [5.74, 6) is 0. The molecule has 0 heterocycles. The molecular weight excluding hydrogens is 311 g/mol. The maximum absolute atomic E-state index is 3.19. The topological polar surface area (TPSA) is 0 Å². The van der Waals surface area contributed by atoms with Crippen molar-refractivity contribution < 1.29 is 26.2 Å². The minimum absolute atomic E-state index is 0. The number of rotatable bonds is 0. The molecule has 2 aliphatic carbocycles. The second-order valence-corrected chi connectivity index (χ2v) is 5.79. The fourth-order valence-corrected chi connectivity index (χ4v) is 1.50. The van der Waals surface area contributed by atoms with Crippen LogP contribution < -0.4 is 0 Å². The van der Waals surface area contributed by atoms with Gasteiger partial charge in [0.2, 0.25) is 0 Å². The van der Waals surface area contributed by atoms with Crippen LogP contribution in [0.1, 0.15) is 40.5 Å². The first kappa shape index (κ1) is 20.4. The predicted molar refractivity (Wildman–Crippen MR) is 80.5 cm³/mol. The van der Waals surface area contributed by atoms with Crippen molar-refractivity contribution in [2.24, 2.45) is 0 Å². The number of hydrogen-bond acceptors (Lipinski definition) is 0. The van der Waals surface area contributed by atoms with Gasteiger partial charge in [0.15, 0.2) is 0 Å². The molecule has 18 heavy (non-hydrogen) atoms. The number of allylic oxidation sites excluding steroid dienone is 8. The molecule has 2 heteroatoms. The Morgan fingerprint density at radius 2 is 1.11 bits per heavy atom. The largest absolute Gasteiger partial charge is 2.00 e. The van der Waals surface area contributed by atoms with Crippen molar-refractivity contribution in [1.82, 2.24) is 0 Å². The molecule has 0 N–H and O–H groups in total. The van der Waals surface area contributed by atoms with Crippen molar-refractivity contribution in [1.29, 1.82) is 0 Å². The van der Waals surface area contributed by atoms with Gasteiger partial charge in [0, 0.05) is 9.52 Å². The molecule has 0 saturated heterocycles. The quantitative estimate of drug-likeness (QED) is 0.445. The number of hydrogen-bond donors (Lipinski definition) is 0. The van der Waals surface area contributed by atoms with Crippen molar-refractivity contribution >= 4 is 9.52 Å². The van der Waals surface area contributed by atoms with Gasteiger partial charge in [-0.2, -0.15) is 11.1 Å². The monoisotopic (exact) mass is 335 g/mol. The van der Waals surface area contributed by atoms with E-state index in [1.54, 1.807) is 0 Å². The summed E-state index contributed by atoms with van der Waals surface area (Å²) >= 11 is 0. The average molecular weight is 337 g/mol. The van der Waals surface area contributed by atoms with Crippen molar-refractivity contribution in [3.05, 3.63) is 46.6 Å². The molecule has 0 aliphatic heterocycles. The van der Waals surface area contributed by atoms with E-state index in [4.69, 9.17) is 0 Å². The Hall–Kier alpha value is 0.0600. The minimum Gasteiger partial charge on any atom is -0.270 e. The van der Waals surface area contributed by atoms with Crippen molar-refractivity contribution in [2.75, 3.05) is 0 Å². The zero-order valence-electron chi connectivity index (χ0n) is 12.6. The van der Waals surface area contributed by atoms with Crippen LogP contribution >= 0.6 is 0 Å². The van der Waals surface area contributed by atoms with Crippen LogP contribution in [0.4, 0.5) is 0 Å². The zero-order chi connectivity index (χ0) is 13.3. The van der Waals surface area contributed by atoms with Crippen LogP contribution in [0, 0.1) is 12.2 Å². The summed E-state index contributed by atoms with van der Waals surface area (Å²) in [5, 5.41) is 0. The van der Waals surface area contributed by atoms with Gasteiger partial charge in [0.05, 0.1) is 0 Å². The molecule has 0 spiro atoms. The smallest absolute Gasteiger partial charge is 0.270 e. The Morgan fingerprint density at radius 3 is 1.17 bits per heavy atom. The molecular formula is C16H25SiZr. The van der Waals surface area contributed by atoms with Gasteiger partial charge in [-0.1, -0.05) is 40.8 Å². The van der Waals surface area contributed by atoms with E-state index in [9.17, 15) is 0 Å². The zero-order valence-corrected chi connectivity index (χ0v) is 16.3. The third-order valence-corrected chi connectivity index (χ3v) is 2.22. The van der Waals surface area contributed by atoms with Gasteiger partial charge in [-0.3, -0.25) is 12.2 Å². The maximum atomic E-state index is 3.19. The van der Waals surface area contributed by atoms with Gasteiger partial charge >= 0.3 is 26.2 Å². The normalized spacial score (nSPS) is 15.9. The molecule has 0 saturated carbocycles. The van der Waals surface area contributed by atoms with Crippen molar-refractivity contribution in [2.45, 2.75) is 53.6 Å². The second-order valence-electron chi connectivity index (χ2n) is 4.63. The Bertz CT molecular complexity index is 312. The van der Waals surface area contributed by atoms with Gasteiger partial charge in [0.25, 0.3) is 0 Å². The van der Waals surface area contributed by atoms with Gasteiger partial charge < -0.3 is 0 Å². The van der Waals surface area contributed by atoms with Crippen LogP contribution in [0.15, 0.2) is 34.4 Å². The van der Waals surface area contributed by atoms with E-state index in [0.717, 1.165) is 22.4 Å². The Morgan fingerprint density at radius 1 is 0.833 bits per heavy atom. The summed E-state index contributed by atoms with van der Waals surface area (Å²) in [5.41, 5.74) is 5.44. The summed E-state index contributed by atoms with van der Waals surface area (Å²) in [7, 11) is 0.750. The van der Waals surface area contributed by atoms with E-state index in [1.165, 1.54) is 22.3 Å². The van der Waals surface area contributed by atoms with E-state index in [1.807, 2.05) is 0 Å². The van der Waals surface area contributed by atoms with Crippen LogP contribution in [-0.4, -0.2) is 9.52 Å². The predicted octanol–water partition coefficient (Wildman–Crippen LogP) is 4.69. The summed E-state index contributed by atoms with van der Waals surface area (Å²) in [4.78, 5) is 0. The first-order valence-corrected chi connectivity index (χ1v) is 8.53. The molecule has 0 unspecified atom stereocenters. The van der Waals surface area contributed by atoms with Gasteiger partial charge in [-0.05, 0) is 0 Å².